The van der Waals surface area contributed by atoms with Gasteiger partial charge in [0.1, 0.15) is 11.3 Å². The Balaban J connectivity index is 1.34. The van der Waals surface area contributed by atoms with Crippen LogP contribution in [0.2, 0.25) is 0 Å². The number of amides is 1. The summed E-state index contributed by atoms with van der Waals surface area (Å²) in [6.07, 6.45) is 6.75. The van der Waals surface area contributed by atoms with Gasteiger partial charge < -0.3 is 14.8 Å². The first-order valence-electron chi connectivity index (χ1n) is 12.6. The highest BCUT2D eigenvalue weighted by Gasteiger charge is 2.21. The fourth-order valence-electron chi connectivity index (χ4n) is 4.94. The summed E-state index contributed by atoms with van der Waals surface area (Å²) in [4.78, 5) is 23.7. The average molecular weight is 527 g/mol. The van der Waals surface area contributed by atoms with Crippen LogP contribution in [0.1, 0.15) is 69.0 Å². The molecule has 4 rings (SSSR count). The minimum Gasteiger partial charge on any atom is -0.326 e. The number of anilines is 1. The molecule has 1 saturated heterocycles. The first-order chi connectivity index (χ1) is 16.4. The van der Waals surface area contributed by atoms with Crippen LogP contribution in [0.5, 0.6) is 0 Å². The second-order valence-corrected chi connectivity index (χ2v) is 10.3. The molecule has 0 atom stereocenters. The van der Waals surface area contributed by atoms with E-state index in [4.69, 9.17) is 9.97 Å². The van der Waals surface area contributed by atoms with Gasteiger partial charge in [-0.25, -0.2) is 9.97 Å². The molecule has 1 N–H and O–H groups in total. The lowest BCUT2D eigenvalue weighted by Gasteiger charge is -2.32. The summed E-state index contributed by atoms with van der Waals surface area (Å²) in [5.74, 6) is 1.71. The number of nitrogens with zero attached hydrogens (tertiary/aromatic N) is 4. The molecule has 0 unspecified atom stereocenters. The zero-order chi connectivity index (χ0) is 24.1. The van der Waals surface area contributed by atoms with Crippen LogP contribution in [0.15, 0.2) is 34.8 Å². The molecule has 34 heavy (non-hydrogen) atoms. The average Bonchev–Trinajstić information content (AvgIpc) is 3.14. The van der Waals surface area contributed by atoms with Crippen LogP contribution < -0.4 is 5.32 Å². The zero-order valence-electron chi connectivity index (χ0n) is 20.6. The standard InChI is InChI=1S/C27H36BrN5O/c1-4-5-10-26-31-25-18-24(28)19(2)29-27(25)33(26)14-7-13-32-15-11-21(12-16-32)22-8-6-9-23(17-22)30-20(3)34/h6,8-9,17-18,21H,4-5,7,10-16H2,1-3H3,(H,30,34). The van der Waals surface area contributed by atoms with Crippen LogP contribution in [0.4, 0.5) is 5.69 Å². The molecule has 1 aliphatic rings. The van der Waals surface area contributed by atoms with Gasteiger partial charge in [-0.3, -0.25) is 4.79 Å². The monoisotopic (exact) mass is 525 g/mol. The number of carbonyl (C=O) groups excluding carboxylic acids is 1. The quantitative estimate of drug-likeness (QED) is 0.368. The lowest BCUT2D eigenvalue weighted by Crippen LogP contribution is -2.34. The maximum Gasteiger partial charge on any atom is 0.221 e. The molecule has 0 saturated carbocycles. The summed E-state index contributed by atoms with van der Waals surface area (Å²) in [5.41, 5.74) is 5.26. The van der Waals surface area contributed by atoms with E-state index in [-0.39, 0.29) is 5.91 Å². The molecule has 3 aromatic rings. The third-order valence-corrected chi connectivity index (χ3v) is 7.61. The molecular formula is C27H36BrN5O. The van der Waals surface area contributed by atoms with Crippen molar-refractivity contribution in [1.82, 2.24) is 19.4 Å². The van der Waals surface area contributed by atoms with Gasteiger partial charge in [-0.15, -0.1) is 0 Å². The second-order valence-electron chi connectivity index (χ2n) is 9.46. The highest BCUT2D eigenvalue weighted by molar-refractivity contribution is 9.10. The molecule has 182 valence electrons. The first kappa shape index (κ1) is 24.9. The van der Waals surface area contributed by atoms with E-state index < -0.39 is 0 Å². The summed E-state index contributed by atoms with van der Waals surface area (Å²) in [6, 6.07) is 10.4. The number of aryl methyl sites for hydroxylation is 3. The largest absolute Gasteiger partial charge is 0.326 e. The number of piperidine rings is 1. The predicted molar refractivity (Wildman–Crippen MR) is 142 cm³/mol. The SMILES string of the molecule is CCCCc1nc2cc(Br)c(C)nc2n1CCCN1CCC(c2cccc(NC(C)=O)c2)CC1. The molecule has 0 spiro atoms. The van der Waals surface area contributed by atoms with Gasteiger partial charge in [-0.1, -0.05) is 25.5 Å². The van der Waals surface area contributed by atoms with E-state index in [2.05, 4.69) is 55.8 Å². The number of rotatable bonds is 9. The fourth-order valence-corrected chi connectivity index (χ4v) is 5.24. The number of imidazole rings is 1. The Morgan fingerprint density at radius 2 is 1.94 bits per heavy atom. The Kier molecular flexibility index (Phi) is 8.37. The highest BCUT2D eigenvalue weighted by Crippen LogP contribution is 2.30. The van der Waals surface area contributed by atoms with Crippen LogP contribution in [0.25, 0.3) is 11.2 Å². The molecule has 6 nitrogen and oxygen atoms in total. The van der Waals surface area contributed by atoms with Gasteiger partial charge in [0, 0.05) is 30.0 Å². The Labute approximate surface area is 211 Å². The van der Waals surface area contributed by atoms with Crippen molar-refractivity contribution in [2.24, 2.45) is 0 Å². The van der Waals surface area contributed by atoms with Crippen LogP contribution in [-0.4, -0.2) is 45.0 Å². The van der Waals surface area contributed by atoms with Crippen molar-refractivity contribution in [3.05, 3.63) is 51.9 Å². The molecule has 0 aliphatic carbocycles. The van der Waals surface area contributed by atoms with E-state index in [9.17, 15) is 4.79 Å². The van der Waals surface area contributed by atoms with Crippen LogP contribution in [0.3, 0.4) is 0 Å². The van der Waals surface area contributed by atoms with Crippen molar-refractivity contribution < 1.29 is 4.79 Å². The lowest BCUT2D eigenvalue weighted by molar-refractivity contribution is -0.114. The van der Waals surface area contributed by atoms with Crippen molar-refractivity contribution in [2.45, 2.75) is 71.8 Å². The third kappa shape index (κ3) is 6.05. The van der Waals surface area contributed by atoms with Crippen LogP contribution in [-0.2, 0) is 17.8 Å². The van der Waals surface area contributed by atoms with E-state index >= 15 is 0 Å². The maximum atomic E-state index is 11.4. The van der Waals surface area contributed by atoms with Gasteiger partial charge in [0.15, 0.2) is 5.65 Å². The topological polar surface area (TPSA) is 63.1 Å². The maximum absolute atomic E-state index is 11.4. The molecule has 0 radical (unpaired) electrons. The molecule has 2 aromatic heterocycles. The Morgan fingerprint density at radius 3 is 2.68 bits per heavy atom. The van der Waals surface area contributed by atoms with Crippen molar-refractivity contribution >= 4 is 38.7 Å². The number of pyridine rings is 1. The normalized spacial score (nSPS) is 15.2. The number of halogens is 1. The minimum absolute atomic E-state index is 0.0199. The third-order valence-electron chi connectivity index (χ3n) is 6.80. The van der Waals surface area contributed by atoms with E-state index in [1.165, 1.54) is 17.8 Å². The number of nitrogens with one attached hydrogen (secondary N) is 1. The van der Waals surface area contributed by atoms with Crippen LogP contribution in [0, 0.1) is 6.92 Å². The second kappa shape index (κ2) is 11.5. The smallest absolute Gasteiger partial charge is 0.221 e. The highest BCUT2D eigenvalue weighted by atomic mass is 79.9. The lowest BCUT2D eigenvalue weighted by atomic mass is 9.89. The molecule has 1 aromatic carbocycles. The molecule has 1 fully saturated rings. The van der Waals surface area contributed by atoms with E-state index in [0.717, 1.165) is 85.3 Å². The summed E-state index contributed by atoms with van der Waals surface area (Å²) in [7, 11) is 0. The fraction of sp³-hybridized carbons (Fsp3) is 0.519. The van der Waals surface area contributed by atoms with Crippen LogP contribution >= 0.6 is 15.9 Å². The van der Waals surface area contributed by atoms with Gasteiger partial charge in [-0.2, -0.15) is 0 Å². The van der Waals surface area contributed by atoms with Gasteiger partial charge in [0.25, 0.3) is 0 Å². The molecular weight excluding hydrogens is 490 g/mol. The Morgan fingerprint density at radius 1 is 1.15 bits per heavy atom. The number of likely N-dealkylation sites (tertiary alicyclic amines) is 1. The van der Waals surface area contributed by atoms with Crippen molar-refractivity contribution in [3.8, 4) is 0 Å². The van der Waals surface area contributed by atoms with E-state index in [1.54, 1.807) is 6.92 Å². The Hall–Kier alpha value is -2.25. The number of hydrogen-bond donors (Lipinski definition) is 1. The van der Waals surface area contributed by atoms with Crippen molar-refractivity contribution in [1.29, 1.82) is 0 Å². The number of hydrogen-bond acceptors (Lipinski definition) is 4. The first-order valence-corrected chi connectivity index (χ1v) is 13.4. The number of unbranched alkanes of at least 4 members (excludes halogenated alkanes) is 1. The van der Waals surface area contributed by atoms with E-state index in [0.29, 0.717) is 5.92 Å². The zero-order valence-corrected chi connectivity index (χ0v) is 22.2. The summed E-state index contributed by atoms with van der Waals surface area (Å²) in [6.45, 7) is 10.1. The summed E-state index contributed by atoms with van der Waals surface area (Å²) in [5, 5.41) is 2.91. The minimum atomic E-state index is -0.0199. The number of aromatic nitrogens is 3. The van der Waals surface area contributed by atoms with Crippen molar-refractivity contribution in [3.63, 3.8) is 0 Å². The summed E-state index contributed by atoms with van der Waals surface area (Å²) < 4.78 is 3.38. The van der Waals surface area contributed by atoms with E-state index in [1.807, 2.05) is 19.1 Å². The van der Waals surface area contributed by atoms with Gasteiger partial charge in [-0.05, 0) is 97.9 Å². The number of benzene rings is 1. The van der Waals surface area contributed by atoms with Crippen molar-refractivity contribution in [2.75, 3.05) is 25.0 Å². The molecule has 7 heteroatoms. The molecule has 0 bridgehead atoms. The molecule has 1 amide bonds. The molecule has 3 heterocycles. The number of fused-ring (bicyclic) bond motifs is 1. The number of carbonyl (C=O) groups is 1. The van der Waals surface area contributed by atoms with Gasteiger partial charge >= 0.3 is 0 Å². The summed E-state index contributed by atoms with van der Waals surface area (Å²) >= 11 is 3.61. The van der Waals surface area contributed by atoms with Gasteiger partial charge in [0.2, 0.25) is 5.91 Å². The Bertz CT molecular complexity index is 1130. The van der Waals surface area contributed by atoms with Gasteiger partial charge in [0.05, 0.1) is 5.69 Å². The predicted octanol–water partition coefficient (Wildman–Crippen LogP) is 6.07. The molecule has 1 aliphatic heterocycles.